The van der Waals surface area contributed by atoms with E-state index in [-0.39, 0.29) is 18.5 Å². The predicted octanol–water partition coefficient (Wildman–Crippen LogP) is 1.89. The van der Waals surface area contributed by atoms with Gasteiger partial charge in [-0.05, 0) is 31.5 Å². The normalized spacial score (nSPS) is 20.3. The maximum absolute atomic E-state index is 11.8. The second kappa shape index (κ2) is 6.57. The third-order valence-corrected chi connectivity index (χ3v) is 3.73. The number of aliphatic hydroxyl groups excluding tert-OH is 1. The summed E-state index contributed by atoms with van der Waals surface area (Å²) in [5, 5.41) is 16.8. The molecule has 4 nitrogen and oxygen atoms in total. The summed E-state index contributed by atoms with van der Waals surface area (Å²) >= 11 is 11.8. The van der Waals surface area contributed by atoms with Gasteiger partial charge in [-0.1, -0.05) is 29.3 Å². The van der Waals surface area contributed by atoms with E-state index in [1.165, 1.54) is 0 Å². The maximum atomic E-state index is 11.8. The van der Waals surface area contributed by atoms with E-state index < -0.39 is 6.10 Å². The molecule has 1 aliphatic heterocycles. The smallest absolute Gasteiger partial charge is 0.237 e. The van der Waals surface area contributed by atoms with Crippen LogP contribution in [-0.4, -0.2) is 30.1 Å². The van der Waals surface area contributed by atoms with Gasteiger partial charge < -0.3 is 15.7 Å². The van der Waals surface area contributed by atoms with Crippen molar-refractivity contribution in [2.45, 2.75) is 25.0 Å². The Balaban J connectivity index is 1.89. The van der Waals surface area contributed by atoms with Gasteiger partial charge in [-0.25, -0.2) is 0 Å². The van der Waals surface area contributed by atoms with Crippen molar-refractivity contribution in [3.8, 4) is 0 Å². The van der Waals surface area contributed by atoms with E-state index in [1.807, 2.05) is 0 Å². The zero-order valence-corrected chi connectivity index (χ0v) is 11.8. The minimum absolute atomic E-state index is 0.0818. The van der Waals surface area contributed by atoms with E-state index in [2.05, 4.69) is 10.6 Å². The van der Waals surface area contributed by atoms with Crippen molar-refractivity contribution in [1.29, 1.82) is 0 Å². The van der Waals surface area contributed by atoms with E-state index in [4.69, 9.17) is 23.2 Å². The Morgan fingerprint density at radius 3 is 2.95 bits per heavy atom. The van der Waals surface area contributed by atoms with Crippen LogP contribution in [0.4, 0.5) is 0 Å². The molecule has 2 rings (SSSR count). The van der Waals surface area contributed by atoms with Crippen LogP contribution in [0.1, 0.15) is 24.5 Å². The largest absolute Gasteiger partial charge is 0.387 e. The van der Waals surface area contributed by atoms with Crippen molar-refractivity contribution in [2.75, 3.05) is 13.1 Å². The number of nitrogens with one attached hydrogen (secondary N) is 2. The molecule has 1 heterocycles. The highest BCUT2D eigenvalue weighted by atomic mass is 35.5. The average molecular weight is 303 g/mol. The van der Waals surface area contributed by atoms with Gasteiger partial charge in [0, 0.05) is 22.2 Å². The number of aliphatic hydroxyl groups is 1. The molecule has 1 fully saturated rings. The SMILES string of the molecule is O=C(NC[C@@H](O)c1ccc(Cl)cc1Cl)[C@@H]1CCCN1. The number of amides is 1. The van der Waals surface area contributed by atoms with Crippen molar-refractivity contribution < 1.29 is 9.90 Å². The molecule has 1 saturated heterocycles. The summed E-state index contributed by atoms with van der Waals surface area (Å²) in [5.74, 6) is -0.0818. The molecule has 1 aromatic carbocycles. The van der Waals surface area contributed by atoms with Crippen LogP contribution in [0.3, 0.4) is 0 Å². The summed E-state index contributed by atoms with van der Waals surface area (Å²) in [6.07, 6.45) is 1.00. The lowest BCUT2D eigenvalue weighted by Gasteiger charge is -2.16. The number of benzene rings is 1. The topological polar surface area (TPSA) is 61.4 Å². The van der Waals surface area contributed by atoms with Crippen molar-refractivity contribution in [3.05, 3.63) is 33.8 Å². The van der Waals surface area contributed by atoms with Crippen LogP contribution < -0.4 is 10.6 Å². The number of rotatable bonds is 4. The number of halogens is 2. The molecule has 0 radical (unpaired) electrons. The van der Waals surface area contributed by atoms with Gasteiger partial charge in [-0.15, -0.1) is 0 Å². The first kappa shape index (κ1) is 14.6. The highest BCUT2D eigenvalue weighted by Gasteiger charge is 2.22. The standard InChI is InChI=1S/C13H16Cl2N2O2/c14-8-3-4-9(10(15)6-8)12(18)7-17-13(19)11-2-1-5-16-11/h3-4,6,11-12,16,18H,1-2,5,7H2,(H,17,19)/t11-,12+/m0/s1. The van der Waals surface area contributed by atoms with Gasteiger partial charge in [0.15, 0.2) is 0 Å². The number of carbonyl (C=O) groups is 1. The Labute approximate surface area is 122 Å². The molecule has 0 aliphatic carbocycles. The highest BCUT2D eigenvalue weighted by molar-refractivity contribution is 6.35. The number of carbonyl (C=O) groups excluding carboxylic acids is 1. The van der Waals surface area contributed by atoms with Crippen LogP contribution >= 0.6 is 23.2 Å². The molecule has 1 amide bonds. The van der Waals surface area contributed by atoms with Crippen LogP contribution in [-0.2, 0) is 4.79 Å². The van der Waals surface area contributed by atoms with E-state index in [0.717, 1.165) is 19.4 Å². The molecule has 0 saturated carbocycles. The summed E-state index contributed by atoms with van der Waals surface area (Å²) in [4.78, 5) is 11.8. The Bertz CT molecular complexity index is 462. The van der Waals surface area contributed by atoms with Crippen LogP contribution in [0.2, 0.25) is 10.0 Å². The van der Waals surface area contributed by atoms with Crippen LogP contribution in [0.25, 0.3) is 0 Å². The fraction of sp³-hybridized carbons (Fsp3) is 0.462. The fourth-order valence-corrected chi connectivity index (χ4v) is 2.64. The average Bonchev–Trinajstić information content (AvgIpc) is 2.89. The lowest BCUT2D eigenvalue weighted by molar-refractivity contribution is -0.123. The Hall–Kier alpha value is -0.810. The van der Waals surface area contributed by atoms with Crippen LogP contribution in [0.15, 0.2) is 18.2 Å². The van der Waals surface area contributed by atoms with Gasteiger partial charge in [-0.2, -0.15) is 0 Å². The molecule has 0 aromatic heterocycles. The molecule has 104 valence electrons. The van der Waals surface area contributed by atoms with Gasteiger partial charge in [0.25, 0.3) is 0 Å². The zero-order valence-electron chi connectivity index (χ0n) is 10.3. The minimum atomic E-state index is -0.838. The fourth-order valence-electron chi connectivity index (χ4n) is 2.11. The van der Waals surface area contributed by atoms with E-state index in [9.17, 15) is 9.90 Å². The second-order valence-electron chi connectivity index (χ2n) is 4.58. The van der Waals surface area contributed by atoms with Gasteiger partial charge in [0.2, 0.25) is 5.91 Å². The summed E-state index contributed by atoms with van der Waals surface area (Å²) in [5.41, 5.74) is 0.561. The van der Waals surface area contributed by atoms with Crippen molar-refractivity contribution in [3.63, 3.8) is 0 Å². The molecule has 0 spiro atoms. The molecule has 3 N–H and O–H groups in total. The predicted molar refractivity (Wildman–Crippen MR) is 75.5 cm³/mol. The van der Waals surface area contributed by atoms with Gasteiger partial charge in [0.1, 0.15) is 0 Å². The molecular weight excluding hydrogens is 287 g/mol. The summed E-state index contributed by atoms with van der Waals surface area (Å²) in [6.45, 7) is 1.00. The molecule has 1 aromatic rings. The molecule has 6 heteroatoms. The second-order valence-corrected chi connectivity index (χ2v) is 5.42. The summed E-state index contributed by atoms with van der Waals surface area (Å²) in [6, 6.07) is 4.75. The first-order chi connectivity index (χ1) is 9.08. The molecule has 19 heavy (non-hydrogen) atoms. The van der Waals surface area contributed by atoms with Gasteiger partial charge in [0.05, 0.1) is 12.1 Å². The summed E-state index contributed by atoms with van der Waals surface area (Å²) in [7, 11) is 0. The molecule has 2 atom stereocenters. The third kappa shape index (κ3) is 3.83. The maximum Gasteiger partial charge on any atom is 0.237 e. The number of hydrogen-bond donors (Lipinski definition) is 3. The monoisotopic (exact) mass is 302 g/mol. The Morgan fingerprint density at radius 1 is 1.53 bits per heavy atom. The van der Waals surface area contributed by atoms with E-state index in [1.54, 1.807) is 18.2 Å². The van der Waals surface area contributed by atoms with Gasteiger partial charge >= 0.3 is 0 Å². The van der Waals surface area contributed by atoms with Crippen molar-refractivity contribution in [2.24, 2.45) is 0 Å². The lowest BCUT2D eigenvalue weighted by atomic mass is 10.1. The molecular formula is C13H16Cl2N2O2. The summed E-state index contributed by atoms with van der Waals surface area (Å²) < 4.78 is 0. The van der Waals surface area contributed by atoms with Crippen LogP contribution in [0.5, 0.6) is 0 Å². The van der Waals surface area contributed by atoms with E-state index >= 15 is 0 Å². The Morgan fingerprint density at radius 2 is 2.32 bits per heavy atom. The molecule has 1 aliphatic rings. The minimum Gasteiger partial charge on any atom is -0.387 e. The van der Waals surface area contributed by atoms with Crippen LogP contribution in [0, 0.1) is 0 Å². The number of hydrogen-bond acceptors (Lipinski definition) is 3. The Kier molecular flexibility index (Phi) is 5.05. The first-order valence-electron chi connectivity index (χ1n) is 6.22. The third-order valence-electron chi connectivity index (χ3n) is 3.17. The molecule has 0 bridgehead atoms. The molecule has 0 unspecified atom stereocenters. The van der Waals surface area contributed by atoms with Crippen molar-refractivity contribution >= 4 is 29.1 Å². The van der Waals surface area contributed by atoms with Crippen molar-refractivity contribution in [1.82, 2.24) is 10.6 Å². The first-order valence-corrected chi connectivity index (χ1v) is 6.97. The van der Waals surface area contributed by atoms with Gasteiger partial charge in [-0.3, -0.25) is 4.79 Å². The lowest BCUT2D eigenvalue weighted by Crippen LogP contribution is -2.41. The zero-order chi connectivity index (χ0) is 13.8. The van der Waals surface area contributed by atoms with E-state index in [0.29, 0.717) is 15.6 Å². The highest BCUT2D eigenvalue weighted by Crippen LogP contribution is 2.25. The quantitative estimate of drug-likeness (QED) is 0.796.